The molecule has 1 unspecified atom stereocenters. The summed E-state index contributed by atoms with van der Waals surface area (Å²) in [5, 5.41) is 0. The Kier molecular flexibility index (Phi) is 52.5. The number of esters is 2. The molecule has 0 bridgehead atoms. The van der Waals surface area contributed by atoms with Gasteiger partial charge >= 0.3 is 11.9 Å². The summed E-state index contributed by atoms with van der Waals surface area (Å²) in [6.07, 6.45) is 77.8. The maximum absolute atomic E-state index is 12.8. The van der Waals surface area contributed by atoms with Crippen LogP contribution in [0.1, 0.15) is 226 Å². The second-order valence-electron chi connectivity index (χ2n) is 17.4. The minimum atomic E-state index is -0.579. The van der Waals surface area contributed by atoms with E-state index in [9.17, 15) is 9.59 Å². The summed E-state index contributed by atoms with van der Waals surface area (Å²) in [5.41, 5.74) is 0. The summed E-state index contributed by atoms with van der Waals surface area (Å²) in [6, 6.07) is 0. The third-order valence-corrected chi connectivity index (χ3v) is 11.0. The quantitative estimate of drug-likeness (QED) is 0.0346. The van der Waals surface area contributed by atoms with Crippen molar-refractivity contribution in [2.75, 3.05) is 19.8 Å². The Hall–Kier alpha value is -3.70. The van der Waals surface area contributed by atoms with Crippen molar-refractivity contribution in [1.82, 2.24) is 0 Å². The first-order valence-corrected chi connectivity index (χ1v) is 27.1. The van der Waals surface area contributed by atoms with Gasteiger partial charge in [0.15, 0.2) is 6.10 Å². The summed E-state index contributed by atoms with van der Waals surface area (Å²) in [5.74, 6) is -0.487. The van der Waals surface area contributed by atoms with Crippen molar-refractivity contribution in [3.05, 3.63) is 122 Å². The predicted octanol–water partition coefficient (Wildman–Crippen LogP) is 18.6. The van der Waals surface area contributed by atoms with Crippen LogP contribution < -0.4 is 0 Å². The SMILES string of the molecule is CC/C=C\C/C=C\C/C=C\C/C=C\C/C=C\CCCC(=O)OCC(COCCCCCCCC/C=C\C/C=C\CCCCC)OC(=O)CCCCCCCCC/C=C\C/C=C\C/C=C\CC. The number of allylic oxidation sites excluding steroid dienone is 20. The molecule has 0 rings (SSSR count). The van der Waals surface area contributed by atoms with Crippen molar-refractivity contribution < 1.29 is 23.8 Å². The third-order valence-electron chi connectivity index (χ3n) is 11.0. The van der Waals surface area contributed by atoms with Gasteiger partial charge < -0.3 is 14.2 Å². The van der Waals surface area contributed by atoms with Gasteiger partial charge in [0.2, 0.25) is 0 Å². The smallest absolute Gasteiger partial charge is 0.306 e. The molecule has 0 spiro atoms. The van der Waals surface area contributed by atoms with Crippen molar-refractivity contribution in [1.29, 1.82) is 0 Å². The van der Waals surface area contributed by atoms with Crippen LogP contribution in [0.15, 0.2) is 122 Å². The van der Waals surface area contributed by atoms with E-state index in [0.717, 1.165) is 116 Å². The van der Waals surface area contributed by atoms with Crippen molar-refractivity contribution in [2.45, 2.75) is 232 Å². The minimum Gasteiger partial charge on any atom is -0.462 e. The molecule has 0 N–H and O–H groups in total. The van der Waals surface area contributed by atoms with Crippen LogP contribution in [0.5, 0.6) is 0 Å². The lowest BCUT2D eigenvalue weighted by Crippen LogP contribution is -2.30. The molecule has 0 aromatic rings. The highest BCUT2D eigenvalue weighted by Crippen LogP contribution is 2.13. The standard InChI is InChI=1S/C61H100O5/c1-4-7-10-13-16-19-22-25-28-31-33-36-39-42-45-48-51-54-60(62)65-58-59(57-64-56-53-50-47-44-41-38-35-30-27-24-21-18-15-12-9-6-3)66-61(63)55-52-49-46-43-40-37-34-32-29-26-23-20-17-14-11-8-5-2/h7-8,10-11,16-21,25-30,33,36,42,45,59H,4-6,9,12-15,22-24,31-32,34-35,37-41,43-44,46-58H2,1-3H3/b10-7-,11-8-,19-16-,20-17-,21-18-,28-25-,29-26-,30-27-,36-33-,45-42-. The number of unbranched alkanes of at least 4 members (excludes halogenated alkanes) is 17. The number of hydrogen-bond acceptors (Lipinski definition) is 5. The van der Waals surface area contributed by atoms with Crippen LogP contribution in [0.4, 0.5) is 0 Å². The molecule has 0 amide bonds. The topological polar surface area (TPSA) is 61.8 Å². The molecule has 0 saturated heterocycles. The number of hydrogen-bond donors (Lipinski definition) is 0. The van der Waals surface area contributed by atoms with E-state index in [-0.39, 0.29) is 25.2 Å². The lowest BCUT2D eigenvalue weighted by Gasteiger charge is -2.18. The minimum absolute atomic E-state index is 0.0401. The number of carbonyl (C=O) groups is 2. The van der Waals surface area contributed by atoms with E-state index in [2.05, 4.69) is 142 Å². The van der Waals surface area contributed by atoms with Gasteiger partial charge in [0, 0.05) is 19.4 Å². The first-order valence-electron chi connectivity index (χ1n) is 27.1. The molecular weight excluding hydrogens is 813 g/mol. The Bertz CT molecular complexity index is 1350. The maximum atomic E-state index is 12.8. The van der Waals surface area contributed by atoms with Gasteiger partial charge in [0.25, 0.3) is 0 Å². The molecule has 66 heavy (non-hydrogen) atoms. The molecule has 0 aliphatic rings. The van der Waals surface area contributed by atoms with E-state index in [0.29, 0.717) is 19.4 Å². The summed E-state index contributed by atoms with van der Waals surface area (Å²) in [6.45, 7) is 7.48. The van der Waals surface area contributed by atoms with Crippen LogP contribution in [0.25, 0.3) is 0 Å². The van der Waals surface area contributed by atoms with Gasteiger partial charge in [-0.15, -0.1) is 0 Å². The molecule has 0 radical (unpaired) electrons. The van der Waals surface area contributed by atoms with E-state index >= 15 is 0 Å². The molecule has 0 aromatic heterocycles. The Morgan fingerprint density at radius 2 is 0.697 bits per heavy atom. The highest BCUT2D eigenvalue weighted by molar-refractivity contribution is 5.70. The second kappa shape index (κ2) is 55.6. The largest absolute Gasteiger partial charge is 0.462 e. The fraction of sp³-hybridized carbons (Fsp3) is 0.639. The van der Waals surface area contributed by atoms with Gasteiger partial charge in [0.1, 0.15) is 6.61 Å². The molecule has 0 aromatic carbocycles. The van der Waals surface area contributed by atoms with Crippen LogP contribution in [-0.2, 0) is 23.8 Å². The Labute approximate surface area is 407 Å². The fourth-order valence-electron chi connectivity index (χ4n) is 7.00. The van der Waals surface area contributed by atoms with Crippen LogP contribution in [0, 0.1) is 0 Å². The van der Waals surface area contributed by atoms with Crippen LogP contribution in [0.3, 0.4) is 0 Å². The van der Waals surface area contributed by atoms with Gasteiger partial charge in [-0.25, -0.2) is 0 Å². The summed E-state index contributed by atoms with van der Waals surface area (Å²) >= 11 is 0. The molecule has 374 valence electrons. The highest BCUT2D eigenvalue weighted by Gasteiger charge is 2.17. The fourth-order valence-corrected chi connectivity index (χ4v) is 7.00. The van der Waals surface area contributed by atoms with Gasteiger partial charge in [-0.3, -0.25) is 9.59 Å². The van der Waals surface area contributed by atoms with Gasteiger partial charge in [-0.05, 0) is 122 Å². The summed E-state index contributed by atoms with van der Waals surface area (Å²) in [4.78, 5) is 25.5. The summed E-state index contributed by atoms with van der Waals surface area (Å²) in [7, 11) is 0. The first kappa shape index (κ1) is 62.3. The Morgan fingerprint density at radius 3 is 1.14 bits per heavy atom. The third kappa shape index (κ3) is 52.9. The van der Waals surface area contributed by atoms with Gasteiger partial charge in [0.05, 0.1) is 6.61 Å². The van der Waals surface area contributed by atoms with Crippen LogP contribution in [0.2, 0.25) is 0 Å². The molecule has 0 saturated carbocycles. The zero-order valence-corrected chi connectivity index (χ0v) is 42.9. The zero-order valence-electron chi connectivity index (χ0n) is 42.9. The van der Waals surface area contributed by atoms with Crippen molar-refractivity contribution >= 4 is 11.9 Å². The molecule has 0 heterocycles. The molecule has 0 fully saturated rings. The Balaban J connectivity index is 4.43. The first-order chi connectivity index (χ1) is 32.6. The van der Waals surface area contributed by atoms with E-state index in [4.69, 9.17) is 14.2 Å². The van der Waals surface area contributed by atoms with Crippen molar-refractivity contribution in [3.8, 4) is 0 Å². The summed E-state index contributed by atoms with van der Waals surface area (Å²) < 4.78 is 17.4. The zero-order chi connectivity index (χ0) is 47.7. The second-order valence-corrected chi connectivity index (χ2v) is 17.4. The number of ether oxygens (including phenoxy) is 3. The van der Waals surface area contributed by atoms with Crippen LogP contribution in [-0.4, -0.2) is 37.9 Å². The maximum Gasteiger partial charge on any atom is 0.306 e. The van der Waals surface area contributed by atoms with E-state index in [1.807, 2.05) is 0 Å². The average molecular weight is 913 g/mol. The normalized spacial score (nSPS) is 13.2. The van der Waals surface area contributed by atoms with Crippen LogP contribution >= 0.6 is 0 Å². The molecule has 0 aliphatic heterocycles. The number of carbonyl (C=O) groups excluding carboxylic acids is 2. The van der Waals surface area contributed by atoms with Gasteiger partial charge in [-0.1, -0.05) is 213 Å². The molecule has 0 aliphatic carbocycles. The monoisotopic (exact) mass is 913 g/mol. The average Bonchev–Trinajstić information content (AvgIpc) is 3.32. The van der Waals surface area contributed by atoms with E-state index in [1.165, 1.54) is 77.0 Å². The number of rotatable bonds is 48. The van der Waals surface area contributed by atoms with Crippen molar-refractivity contribution in [2.24, 2.45) is 0 Å². The molecular formula is C61H100O5. The predicted molar refractivity (Wildman–Crippen MR) is 288 cm³/mol. The lowest BCUT2D eigenvalue weighted by molar-refractivity contribution is -0.163. The van der Waals surface area contributed by atoms with E-state index in [1.54, 1.807) is 0 Å². The lowest BCUT2D eigenvalue weighted by atomic mass is 10.1. The van der Waals surface area contributed by atoms with Crippen molar-refractivity contribution in [3.63, 3.8) is 0 Å². The molecule has 1 atom stereocenters. The van der Waals surface area contributed by atoms with E-state index < -0.39 is 6.10 Å². The Morgan fingerprint density at radius 1 is 0.348 bits per heavy atom. The molecule has 5 heteroatoms. The highest BCUT2D eigenvalue weighted by atomic mass is 16.6. The molecule has 5 nitrogen and oxygen atoms in total. The van der Waals surface area contributed by atoms with Gasteiger partial charge in [-0.2, -0.15) is 0 Å².